The van der Waals surface area contributed by atoms with Gasteiger partial charge in [0.25, 0.3) is 0 Å². The number of ether oxygens (including phenoxy) is 1. The second kappa shape index (κ2) is 7.23. The molecule has 0 saturated carbocycles. The van der Waals surface area contributed by atoms with E-state index in [9.17, 15) is 0 Å². The van der Waals surface area contributed by atoms with Gasteiger partial charge < -0.3 is 9.15 Å². The number of halogens is 1. The van der Waals surface area contributed by atoms with Crippen LogP contribution in [-0.2, 0) is 12.3 Å². The van der Waals surface area contributed by atoms with Gasteiger partial charge in [0.2, 0.25) is 0 Å². The van der Waals surface area contributed by atoms with E-state index in [4.69, 9.17) is 9.15 Å². The summed E-state index contributed by atoms with van der Waals surface area (Å²) < 4.78 is 13.9. The minimum Gasteiger partial charge on any atom is -0.496 e. The fraction of sp³-hybridized carbons (Fsp3) is 0.250. The van der Waals surface area contributed by atoms with Crippen LogP contribution in [0.1, 0.15) is 12.5 Å². The zero-order valence-electron chi connectivity index (χ0n) is 12.8. The number of rotatable bonds is 6. The number of methoxy groups -OCH3 is 1. The highest BCUT2D eigenvalue weighted by molar-refractivity contribution is 9.10. The molecule has 0 atom stereocenters. The molecule has 0 radical (unpaired) electrons. The molecule has 120 valence electrons. The van der Waals surface area contributed by atoms with Crippen molar-refractivity contribution in [2.24, 2.45) is 0 Å². The molecule has 3 rings (SSSR count). The molecule has 0 saturated heterocycles. The van der Waals surface area contributed by atoms with E-state index in [1.165, 1.54) is 0 Å². The number of furan rings is 1. The lowest BCUT2D eigenvalue weighted by Crippen LogP contribution is -1.99. The Kier molecular flexibility index (Phi) is 5.07. The normalized spacial score (nSPS) is 10.9. The first-order valence-corrected chi connectivity index (χ1v) is 8.93. The Morgan fingerprint density at radius 1 is 1.30 bits per heavy atom. The van der Waals surface area contributed by atoms with Crippen LogP contribution in [-0.4, -0.2) is 21.9 Å². The molecule has 7 heteroatoms. The SMILES string of the molecule is CCn1c(SCc2cc(Br)ccc2OC)nnc1-c1ccco1. The maximum Gasteiger partial charge on any atom is 0.200 e. The van der Waals surface area contributed by atoms with Crippen molar-refractivity contribution in [3.8, 4) is 17.3 Å². The molecule has 2 aromatic heterocycles. The highest BCUT2D eigenvalue weighted by atomic mass is 79.9. The van der Waals surface area contributed by atoms with E-state index in [-0.39, 0.29) is 0 Å². The van der Waals surface area contributed by atoms with Gasteiger partial charge in [0.15, 0.2) is 16.7 Å². The second-order valence-electron chi connectivity index (χ2n) is 4.77. The maximum absolute atomic E-state index is 5.43. The van der Waals surface area contributed by atoms with Gasteiger partial charge in [-0.3, -0.25) is 4.57 Å². The maximum atomic E-state index is 5.43. The number of thioether (sulfide) groups is 1. The number of nitrogens with zero attached hydrogens (tertiary/aromatic N) is 3. The minimum atomic E-state index is 0.728. The largest absolute Gasteiger partial charge is 0.496 e. The van der Waals surface area contributed by atoms with Crippen molar-refractivity contribution in [2.45, 2.75) is 24.4 Å². The van der Waals surface area contributed by atoms with Crippen LogP contribution in [0.5, 0.6) is 5.75 Å². The molecule has 1 aromatic carbocycles. The van der Waals surface area contributed by atoms with E-state index in [0.717, 1.165) is 44.8 Å². The van der Waals surface area contributed by atoms with E-state index >= 15 is 0 Å². The van der Waals surface area contributed by atoms with E-state index in [0.29, 0.717) is 0 Å². The third kappa shape index (κ3) is 3.45. The van der Waals surface area contributed by atoms with Crippen LogP contribution in [0.3, 0.4) is 0 Å². The van der Waals surface area contributed by atoms with Crippen LogP contribution in [0.4, 0.5) is 0 Å². The van der Waals surface area contributed by atoms with Crippen LogP contribution in [0.25, 0.3) is 11.6 Å². The van der Waals surface area contributed by atoms with E-state index < -0.39 is 0 Å². The van der Waals surface area contributed by atoms with Gasteiger partial charge in [-0.25, -0.2) is 0 Å². The Balaban J connectivity index is 1.83. The van der Waals surface area contributed by atoms with Crippen LogP contribution < -0.4 is 4.74 Å². The van der Waals surface area contributed by atoms with Crippen molar-refractivity contribution in [2.75, 3.05) is 7.11 Å². The summed E-state index contributed by atoms with van der Waals surface area (Å²) in [6.45, 7) is 2.85. The van der Waals surface area contributed by atoms with Gasteiger partial charge in [-0.15, -0.1) is 10.2 Å². The average Bonchev–Trinajstić information content (AvgIpc) is 3.21. The van der Waals surface area contributed by atoms with E-state index in [2.05, 4.69) is 39.1 Å². The standard InChI is InChI=1S/C16H16BrN3O2S/c1-3-20-15(14-5-4-8-22-14)18-19-16(20)23-10-11-9-12(17)6-7-13(11)21-2/h4-9H,3,10H2,1-2H3. The van der Waals surface area contributed by atoms with Gasteiger partial charge in [-0.1, -0.05) is 27.7 Å². The van der Waals surface area contributed by atoms with Crippen molar-refractivity contribution in [3.05, 3.63) is 46.6 Å². The monoisotopic (exact) mass is 393 g/mol. The molecule has 0 aliphatic heterocycles. The fourth-order valence-corrected chi connectivity index (χ4v) is 3.66. The van der Waals surface area contributed by atoms with Crippen molar-refractivity contribution >= 4 is 27.7 Å². The van der Waals surface area contributed by atoms with Crippen molar-refractivity contribution < 1.29 is 9.15 Å². The molecule has 0 unspecified atom stereocenters. The molecular weight excluding hydrogens is 378 g/mol. The summed E-state index contributed by atoms with van der Waals surface area (Å²) in [6, 6.07) is 9.73. The summed E-state index contributed by atoms with van der Waals surface area (Å²) in [4.78, 5) is 0. The first-order chi connectivity index (χ1) is 11.2. The smallest absolute Gasteiger partial charge is 0.200 e. The Morgan fingerprint density at radius 2 is 2.17 bits per heavy atom. The topological polar surface area (TPSA) is 53.1 Å². The summed E-state index contributed by atoms with van der Waals surface area (Å²) in [5.41, 5.74) is 1.11. The van der Waals surface area contributed by atoms with Gasteiger partial charge in [0.1, 0.15) is 5.75 Å². The van der Waals surface area contributed by atoms with E-state index in [1.54, 1.807) is 25.1 Å². The third-order valence-corrected chi connectivity index (χ3v) is 4.88. The predicted molar refractivity (Wildman–Crippen MR) is 93.7 cm³/mol. The molecule has 0 aliphatic carbocycles. The third-order valence-electron chi connectivity index (χ3n) is 3.37. The minimum absolute atomic E-state index is 0.728. The molecule has 0 spiro atoms. The Hall–Kier alpha value is -1.73. The van der Waals surface area contributed by atoms with Crippen LogP contribution in [0, 0.1) is 0 Å². The van der Waals surface area contributed by atoms with Gasteiger partial charge in [-0.2, -0.15) is 0 Å². The summed E-state index contributed by atoms with van der Waals surface area (Å²) in [5, 5.41) is 9.42. The highest BCUT2D eigenvalue weighted by Crippen LogP contribution is 2.31. The molecule has 0 fully saturated rings. The Labute approximate surface area is 147 Å². The van der Waals surface area contributed by atoms with Crippen LogP contribution in [0.2, 0.25) is 0 Å². The molecule has 0 N–H and O–H groups in total. The molecule has 5 nitrogen and oxygen atoms in total. The second-order valence-corrected chi connectivity index (χ2v) is 6.63. The van der Waals surface area contributed by atoms with Gasteiger partial charge >= 0.3 is 0 Å². The molecule has 2 heterocycles. The number of aromatic nitrogens is 3. The van der Waals surface area contributed by atoms with Crippen molar-refractivity contribution in [1.82, 2.24) is 14.8 Å². The highest BCUT2D eigenvalue weighted by Gasteiger charge is 2.15. The van der Waals surface area contributed by atoms with Crippen molar-refractivity contribution in [1.29, 1.82) is 0 Å². The molecule has 0 bridgehead atoms. The average molecular weight is 394 g/mol. The molecule has 3 aromatic rings. The van der Waals surface area contributed by atoms with Crippen molar-refractivity contribution in [3.63, 3.8) is 0 Å². The van der Waals surface area contributed by atoms with E-state index in [1.807, 2.05) is 28.8 Å². The number of hydrogen-bond acceptors (Lipinski definition) is 5. The quantitative estimate of drug-likeness (QED) is 0.571. The summed E-state index contributed by atoms with van der Waals surface area (Å²) in [5.74, 6) is 3.10. The molecule has 0 amide bonds. The van der Waals surface area contributed by atoms with Gasteiger partial charge in [0.05, 0.1) is 13.4 Å². The zero-order chi connectivity index (χ0) is 16.2. The first kappa shape index (κ1) is 16.1. The number of benzene rings is 1. The Bertz CT molecular complexity index is 787. The predicted octanol–water partition coefficient (Wildman–Crippen LogP) is 4.62. The van der Waals surface area contributed by atoms with Gasteiger partial charge in [0, 0.05) is 22.3 Å². The van der Waals surface area contributed by atoms with Crippen LogP contribution in [0.15, 0.2) is 50.6 Å². The first-order valence-electron chi connectivity index (χ1n) is 7.15. The molecular formula is C16H16BrN3O2S. The molecule has 23 heavy (non-hydrogen) atoms. The lowest BCUT2D eigenvalue weighted by Gasteiger charge is -2.09. The zero-order valence-corrected chi connectivity index (χ0v) is 15.2. The summed E-state index contributed by atoms with van der Waals surface area (Å²) >= 11 is 5.13. The van der Waals surface area contributed by atoms with Crippen LogP contribution >= 0.6 is 27.7 Å². The summed E-state index contributed by atoms with van der Waals surface area (Å²) in [6.07, 6.45) is 1.64. The number of hydrogen-bond donors (Lipinski definition) is 0. The Morgan fingerprint density at radius 3 is 2.87 bits per heavy atom. The molecule has 0 aliphatic rings. The lowest BCUT2D eigenvalue weighted by atomic mass is 10.2. The van der Waals surface area contributed by atoms with Gasteiger partial charge in [-0.05, 0) is 37.3 Å². The summed E-state index contributed by atoms with van der Waals surface area (Å²) in [7, 11) is 1.68. The fourth-order valence-electron chi connectivity index (χ4n) is 2.27. The lowest BCUT2D eigenvalue weighted by molar-refractivity contribution is 0.411.